The van der Waals surface area contributed by atoms with E-state index in [1.807, 2.05) is 0 Å². The molecule has 0 aromatic heterocycles. The van der Waals surface area contributed by atoms with E-state index in [0.717, 1.165) is 0 Å². The maximum absolute atomic E-state index is 11.5. The molecule has 0 bridgehead atoms. The van der Waals surface area contributed by atoms with Gasteiger partial charge < -0.3 is 16.5 Å². The van der Waals surface area contributed by atoms with Crippen LogP contribution < -0.4 is 11.1 Å². The molecule has 0 saturated heterocycles. The molecule has 0 spiro atoms. The molecule has 0 unspecified atom stereocenters. The van der Waals surface area contributed by atoms with Crippen molar-refractivity contribution in [3.8, 4) is 0 Å². The molecule has 1 aromatic carbocycles. The number of rotatable bonds is 4. The van der Waals surface area contributed by atoms with Crippen molar-refractivity contribution in [2.45, 2.75) is 6.42 Å². The van der Waals surface area contributed by atoms with Crippen LogP contribution in [0.2, 0.25) is 0 Å². The number of aliphatic imine (C=N–C) groups is 1. The first-order valence-corrected chi connectivity index (χ1v) is 4.82. The van der Waals surface area contributed by atoms with Crippen molar-refractivity contribution in [1.82, 2.24) is 5.32 Å². The molecule has 5 nitrogen and oxygen atoms in total. The van der Waals surface area contributed by atoms with Crippen molar-refractivity contribution in [2.75, 3.05) is 7.05 Å². The normalized spacial score (nSPS) is 10.9. The highest BCUT2D eigenvalue weighted by Gasteiger charge is 2.08. The SMILES string of the molecule is CNC(=O)c1ccccc1N=C(N)CC=N. The largest absolute Gasteiger partial charge is 0.387 e. The summed E-state index contributed by atoms with van der Waals surface area (Å²) >= 11 is 0. The van der Waals surface area contributed by atoms with Gasteiger partial charge in [0.15, 0.2) is 0 Å². The first kappa shape index (κ1) is 11.9. The van der Waals surface area contributed by atoms with E-state index in [9.17, 15) is 4.79 Å². The smallest absolute Gasteiger partial charge is 0.253 e. The van der Waals surface area contributed by atoms with Crippen molar-refractivity contribution in [2.24, 2.45) is 10.7 Å². The van der Waals surface area contributed by atoms with Crippen LogP contribution in [0.15, 0.2) is 29.3 Å². The Morgan fingerprint density at radius 2 is 2.25 bits per heavy atom. The third-order valence-electron chi connectivity index (χ3n) is 1.95. The fourth-order valence-electron chi connectivity index (χ4n) is 1.20. The van der Waals surface area contributed by atoms with Gasteiger partial charge in [-0.15, -0.1) is 0 Å². The number of benzene rings is 1. The molecule has 4 N–H and O–H groups in total. The third kappa shape index (κ3) is 2.91. The number of carbonyl (C=O) groups excluding carboxylic acids is 1. The van der Waals surface area contributed by atoms with E-state index in [2.05, 4.69) is 10.3 Å². The monoisotopic (exact) mass is 218 g/mol. The Hall–Kier alpha value is -2.17. The van der Waals surface area contributed by atoms with Gasteiger partial charge in [0.25, 0.3) is 5.91 Å². The topological polar surface area (TPSA) is 91.3 Å². The maximum atomic E-state index is 11.5. The van der Waals surface area contributed by atoms with Crippen LogP contribution in [0.5, 0.6) is 0 Å². The standard InChI is InChI=1S/C11H14N4O/c1-14-11(16)8-4-2-3-5-9(8)15-10(13)6-7-12/h2-5,7,12H,6H2,1H3,(H2,13,15)(H,14,16). The quantitative estimate of drug-likeness (QED) is 0.521. The molecule has 0 fully saturated rings. The lowest BCUT2D eigenvalue weighted by Crippen LogP contribution is -2.18. The molecule has 1 aromatic rings. The van der Waals surface area contributed by atoms with Crippen LogP contribution in [0.25, 0.3) is 0 Å². The lowest BCUT2D eigenvalue weighted by molar-refractivity contribution is 0.0964. The van der Waals surface area contributed by atoms with Gasteiger partial charge in [-0.25, -0.2) is 4.99 Å². The Labute approximate surface area is 93.9 Å². The van der Waals surface area contributed by atoms with Crippen molar-refractivity contribution in [1.29, 1.82) is 5.41 Å². The Morgan fingerprint density at radius 3 is 2.88 bits per heavy atom. The Balaban J connectivity index is 3.08. The molecule has 84 valence electrons. The second kappa shape index (κ2) is 5.65. The predicted octanol–water partition coefficient (Wildman–Crippen LogP) is 1.07. The van der Waals surface area contributed by atoms with E-state index >= 15 is 0 Å². The van der Waals surface area contributed by atoms with E-state index in [1.54, 1.807) is 31.3 Å². The van der Waals surface area contributed by atoms with Crippen LogP contribution in [0.3, 0.4) is 0 Å². The first-order chi connectivity index (χ1) is 7.69. The summed E-state index contributed by atoms with van der Waals surface area (Å²) in [4.78, 5) is 15.6. The molecular weight excluding hydrogens is 204 g/mol. The summed E-state index contributed by atoms with van der Waals surface area (Å²) in [7, 11) is 1.56. The Bertz CT molecular complexity index is 426. The van der Waals surface area contributed by atoms with E-state index in [4.69, 9.17) is 11.1 Å². The summed E-state index contributed by atoms with van der Waals surface area (Å²) in [6.07, 6.45) is 1.45. The molecule has 5 heteroatoms. The van der Waals surface area contributed by atoms with Gasteiger partial charge in [0.1, 0.15) is 5.84 Å². The number of nitrogens with one attached hydrogen (secondary N) is 2. The zero-order valence-electron chi connectivity index (χ0n) is 9.03. The van der Waals surface area contributed by atoms with Gasteiger partial charge in [0.2, 0.25) is 0 Å². The lowest BCUT2D eigenvalue weighted by Gasteiger charge is -2.04. The van der Waals surface area contributed by atoms with E-state index in [1.165, 1.54) is 6.21 Å². The Kier molecular flexibility index (Phi) is 4.20. The number of hydrogen-bond acceptors (Lipinski definition) is 3. The average Bonchev–Trinajstić information content (AvgIpc) is 2.29. The van der Waals surface area contributed by atoms with Gasteiger partial charge in [-0.3, -0.25) is 4.79 Å². The van der Waals surface area contributed by atoms with Crippen molar-refractivity contribution >= 4 is 23.6 Å². The molecular formula is C11H14N4O. The fourth-order valence-corrected chi connectivity index (χ4v) is 1.20. The second-order valence-corrected chi connectivity index (χ2v) is 3.11. The highest BCUT2D eigenvalue weighted by molar-refractivity contribution is 6.01. The molecule has 1 rings (SSSR count). The minimum Gasteiger partial charge on any atom is -0.387 e. The van der Waals surface area contributed by atoms with E-state index in [-0.39, 0.29) is 12.3 Å². The molecule has 0 saturated carbocycles. The summed E-state index contributed by atoms with van der Waals surface area (Å²) in [6.45, 7) is 0. The predicted molar refractivity (Wildman–Crippen MR) is 64.5 cm³/mol. The van der Waals surface area contributed by atoms with E-state index in [0.29, 0.717) is 17.1 Å². The molecule has 0 aliphatic heterocycles. The molecule has 0 aliphatic rings. The Morgan fingerprint density at radius 1 is 1.56 bits per heavy atom. The van der Waals surface area contributed by atoms with Gasteiger partial charge in [0, 0.05) is 19.7 Å². The summed E-state index contributed by atoms with van der Waals surface area (Å²) in [5.41, 5.74) is 6.58. The second-order valence-electron chi connectivity index (χ2n) is 3.11. The van der Waals surface area contributed by atoms with Gasteiger partial charge in [-0.1, -0.05) is 12.1 Å². The number of nitrogens with two attached hydrogens (primary N) is 1. The van der Waals surface area contributed by atoms with Crippen molar-refractivity contribution < 1.29 is 4.79 Å². The number of amidine groups is 1. The third-order valence-corrected chi connectivity index (χ3v) is 1.95. The van der Waals surface area contributed by atoms with Crippen LogP contribution in [-0.2, 0) is 0 Å². The summed E-state index contributed by atoms with van der Waals surface area (Å²) in [6, 6.07) is 6.93. The van der Waals surface area contributed by atoms with Gasteiger partial charge in [0.05, 0.1) is 11.3 Å². The lowest BCUT2D eigenvalue weighted by atomic mass is 10.1. The molecule has 0 heterocycles. The zero-order valence-corrected chi connectivity index (χ0v) is 9.03. The number of amides is 1. The van der Waals surface area contributed by atoms with Gasteiger partial charge in [-0.05, 0) is 12.1 Å². The van der Waals surface area contributed by atoms with Gasteiger partial charge in [-0.2, -0.15) is 0 Å². The summed E-state index contributed by atoms with van der Waals surface area (Å²) in [5.74, 6) is 0.105. The zero-order chi connectivity index (χ0) is 12.0. The molecule has 1 amide bonds. The maximum Gasteiger partial charge on any atom is 0.253 e. The number of hydrogen-bond donors (Lipinski definition) is 3. The number of nitrogens with zero attached hydrogens (tertiary/aromatic N) is 1. The number of para-hydroxylation sites is 1. The summed E-state index contributed by atoms with van der Waals surface area (Å²) in [5, 5.41) is 9.44. The van der Waals surface area contributed by atoms with E-state index < -0.39 is 0 Å². The van der Waals surface area contributed by atoms with Crippen LogP contribution >= 0.6 is 0 Å². The van der Waals surface area contributed by atoms with Crippen LogP contribution in [0.1, 0.15) is 16.8 Å². The van der Waals surface area contributed by atoms with Crippen molar-refractivity contribution in [3.63, 3.8) is 0 Å². The summed E-state index contributed by atoms with van der Waals surface area (Å²) < 4.78 is 0. The van der Waals surface area contributed by atoms with Crippen molar-refractivity contribution in [3.05, 3.63) is 29.8 Å². The van der Waals surface area contributed by atoms with Crippen LogP contribution in [0.4, 0.5) is 5.69 Å². The first-order valence-electron chi connectivity index (χ1n) is 4.82. The minimum atomic E-state index is -0.206. The fraction of sp³-hybridized carbons (Fsp3) is 0.182. The minimum absolute atomic E-state index is 0.206. The molecule has 16 heavy (non-hydrogen) atoms. The average molecular weight is 218 g/mol. The molecule has 0 atom stereocenters. The van der Waals surface area contributed by atoms with Crippen LogP contribution in [-0.4, -0.2) is 25.0 Å². The van der Waals surface area contributed by atoms with Gasteiger partial charge >= 0.3 is 0 Å². The highest BCUT2D eigenvalue weighted by atomic mass is 16.1. The highest BCUT2D eigenvalue weighted by Crippen LogP contribution is 2.18. The van der Waals surface area contributed by atoms with Crippen LogP contribution in [0, 0.1) is 5.41 Å². The number of carbonyl (C=O) groups is 1. The molecule has 0 radical (unpaired) electrons. The molecule has 0 aliphatic carbocycles.